The number of hydrogen-bond acceptors (Lipinski definition) is 4. The van der Waals surface area contributed by atoms with Crippen LogP contribution in [0.1, 0.15) is 13.3 Å². The molecule has 0 bridgehead atoms. The maximum Gasteiger partial charge on any atom is 0.262 e. The molecular weight excluding hydrogens is 354 g/mol. The zero-order valence-corrected chi connectivity index (χ0v) is 15.8. The Bertz CT molecular complexity index is 879. The van der Waals surface area contributed by atoms with Gasteiger partial charge in [-0.3, -0.25) is 4.79 Å². The fraction of sp³-hybridized carbons (Fsp3) is 0.174. The Labute approximate surface area is 164 Å². The van der Waals surface area contributed by atoms with Crippen molar-refractivity contribution in [2.24, 2.45) is 0 Å². The van der Waals surface area contributed by atoms with Crippen LogP contribution in [-0.4, -0.2) is 19.1 Å². The Morgan fingerprint density at radius 1 is 0.786 bits per heavy atom. The van der Waals surface area contributed by atoms with Crippen molar-refractivity contribution in [2.45, 2.75) is 13.3 Å². The minimum Gasteiger partial charge on any atom is -0.490 e. The van der Waals surface area contributed by atoms with Gasteiger partial charge in [0, 0.05) is 5.69 Å². The molecule has 0 fully saturated rings. The number of ether oxygens (including phenoxy) is 3. The molecule has 3 rings (SSSR count). The van der Waals surface area contributed by atoms with E-state index >= 15 is 0 Å². The lowest BCUT2D eigenvalue weighted by Gasteiger charge is -2.12. The van der Waals surface area contributed by atoms with Crippen molar-refractivity contribution in [2.75, 3.05) is 18.5 Å². The highest BCUT2D eigenvalue weighted by Gasteiger charge is 2.08. The second-order valence-electron chi connectivity index (χ2n) is 6.07. The van der Waals surface area contributed by atoms with Crippen LogP contribution in [0.25, 0.3) is 0 Å². The van der Waals surface area contributed by atoms with Crippen molar-refractivity contribution < 1.29 is 19.0 Å². The second kappa shape index (κ2) is 10.0. The van der Waals surface area contributed by atoms with Gasteiger partial charge in [-0.15, -0.1) is 0 Å². The highest BCUT2D eigenvalue weighted by atomic mass is 16.5. The molecule has 0 aliphatic heterocycles. The third kappa shape index (κ3) is 5.77. The molecule has 0 saturated carbocycles. The first-order valence-corrected chi connectivity index (χ1v) is 9.22. The van der Waals surface area contributed by atoms with E-state index < -0.39 is 0 Å². The Balaban J connectivity index is 1.51. The fourth-order valence-electron chi connectivity index (χ4n) is 2.47. The summed E-state index contributed by atoms with van der Waals surface area (Å²) in [5.74, 6) is 2.40. The van der Waals surface area contributed by atoms with Gasteiger partial charge in [0.15, 0.2) is 18.1 Å². The number of para-hydroxylation sites is 3. The van der Waals surface area contributed by atoms with Crippen molar-refractivity contribution in [3.63, 3.8) is 0 Å². The third-order valence-corrected chi connectivity index (χ3v) is 3.79. The number of hydrogen-bond donors (Lipinski definition) is 1. The van der Waals surface area contributed by atoms with Gasteiger partial charge >= 0.3 is 0 Å². The Morgan fingerprint density at radius 2 is 1.39 bits per heavy atom. The largest absolute Gasteiger partial charge is 0.490 e. The standard InChI is InChI=1S/C23H23NO4/c1-2-16-26-21-10-6-7-11-22(21)27-17-23(25)24-18-12-14-20(15-13-18)28-19-8-4-3-5-9-19/h3-15H,2,16-17H2,1H3,(H,24,25). The lowest BCUT2D eigenvalue weighted by Crippen LogP contribution is -2.20. The van der Waals surface area contributed by atoms with Gasteiger partial charge in [0.25, 0.3) is 5.91 Å². The molecule has 5 nitrogen and oxygen atoms in total. The Morgan fingerprint density at radius 3 is 2.07 bits per heavy atom. The van der Waals surface area contributed by atoms with Gasteiger partial charge in [0.2, 0.25) is 0 Å². The number of rotatable bonds is 9. The molecule has 0 radical (unpaired) electrons. The van der Waals surface area contributed by atoms with Crippen LogP contribution in [-0.2, 0) is 4.79 Å². The Kier molecular flexibility index (Phi) is 6.90. The molecule has 0 aliphatic carbocycles. The molecule has 0 unspecified atom stereocenters. The molecule has 28 heavy (non-hydrogen) atoms. The fourth-order valence-corrected chi connectivity index (χ4v) is 2.47. The maximum atomic E-state index is 12.2. The molecule has 1 amide bonds. The van der Waals surface area contributed by atoms with Crippen LogP contribution >= 0.6 is 0 Å². The van der Waals surface area contributed by atoms with E-state index in [0.29, 0.717) is 29.5 Å². The summed E-state index contributed by atoms with van der Waals surface area (Å²) in [5, 5.41) is 2.81. The molecular formula is C23H23NO4. The average molecular weight is 377 g/mol. The first-order chi connectivity index (χ1) is 13.7. The monoisotopic (exact) mass is 377 g/mol. The zero-order valence-electron chi connectivity index (χ0n) is 15.8. The minimum atomic E-state index is -0.248. The van der Waals surface area contributed by atoms with E-state index in [9.17, 15) is 4.79 Å². The second-order valence-corrected chi connectivity index (χ2v) is 6.07. The van der Waals surface area contributed by atoms with E-state index in [0.717, 1.165) is 12.2 Å². The average Bonchev–Trinajstić information content (AvgIpc) is 2.73. The summed E-state index contributed by atoms with van der Waals surface area (Å²) in [6, 6.07) is 24.0. The summed E-state index contributed by atoms with van der Waals surface area (Å²) in [6.45, 7) is 2.53. The van der Waals surface area contributed by atoms with Gasteiger partial charge in [-0.2, -0.15) is 0 Å². The molecule has 0 aliphatic rings. The van der Waals surface area contributed by atoms with Crippen LogP contribution in [0.5, 0.6) is 23.0 Å². The molecule has 3 aromatic rings. The van der Waals surface area contributed by atoms with Crippen LogP contribution in [0.4, 0.5) is 5.69 Å². The van der Waals surface area contributed by atoms with Gasteiger partial charge in [-0.1, -0.05) is 37.3 Å². The topological polar surface area (TPSA) is 56.8 Å². The predicted octanol–water partition coefficient (Wildman–Crippen LogP) is 5.29. The van der Waals surface area contributed by atoms with Crippen molar-refractivity contribution in [1.29, 1.82) is 0 Å². The van der Waals surface area contributed by atoms with Crippen LogP contribution in [0, 0.1) is 0 Å². The van der Waals surface area contributed by atoms with E-state index in [2.05, 4.69) is 5.32 Å². The van der Waals surface area contributed by atoms with Crippen LogP contribution < -0.4 is 19.5 Å². The summed E-state index contributed by atoms with van der Waals surface area (Å²) in [6.07, 6.45) is 0.902. The molecule has 1 N–H and O–H groups in total. The SMILES string of the molecule is CCCOc1ccccc1OCC(=O)Nc1ccc(Oc2ccccc2)cc1. The summed E-state index contributed by atoms with van der Waals surface area (Å²) in [7, 11) is 0. The van der Waals surface area contributed by atoms with E-state index in [1.54, 1.807) is 30.3 Å². The van der Waals surface area contributed by atoms with E-state index in [-0.39, 0.29) is 12.5 Å². The van der Waals surface area contributed by atoms with Crippen LogP contribution in [0.3, 0.4) is 0 Å². The summed E-state index contributed by atoms with van der Waals surface area (Å²) in [5.41, 5.74) is 0.671. The lowest BCUT2D eigenvalue weighted by atomic mass is 10.3. The normalized spacial score (nSPS) is 10.2. The van der Waals surface area contributed by atoms with Gasteiger partial charge in [-0.05, 0) is 55.0 Å². The summed E-state index contributed by atoms with van der Waals surface area (Å²) < 4.78 is 17.0. The molecule has 5 heteroatoms. The predicted molar refractivity (Wildman–Crippen MR) is 109 cm³/mol. The number of carbonyl (C=O) groups excluding carboxylic acids is 1. The molecule has 0 atom stereocenters. The number of nitrogens with one attached hydrogen (secondary N) is 1. The van der Waals surface area contributed by atoms with E-state index in [1.165, 1.54) is 0 Å². The van der Waals surface area contributed by atoms with E-state index in [1.807, 2.05) is 55.5 Å². The zero-order chi connectivity index (χ0) is 19.6. The van der Waals surface area contributed by atoms with Crippen molar-refractivity contribution in [3.8, 4) is 23.0 Å². The van der Waals surface area contributed by atoms with E-state index in [4.69, 9.17) is 14.2 Å². The first-order valence-electron chi connectivity index (χ1n) is 9.22. The highest BCUT2D eigenvalue weighted by molar-refractivity contribution is 5.91. The molecule has 3 aromatic carbocycles. The summed E-state index contributed by atoms with van der Waals surface area (Å²) >= 11 is 0. The third-order valence-electron chi connectivity index (χ3n) is 3.79. The number of anilines is 1. The smallest absolute Gasteiger partial charge is 0.262 e. The number of benzene rings is 3. The maximum absolute atomic E-state index is 12.2. The van der Waals surface area contributed by atoms with Crippen molar-refractivity contribution in [3.05, 3.63) is 78.9 Å². The quantitative estimate of drug-likeness (QED) is 0.551. The molecule has 0 aromatic heterocycles. The van der Waals surface area contributed by atoms with Crippen molar-refractivity contribution in [1.82, 2.24) is 0 Å². The van der Waals surface area contributed by atoms with Gasteiger partial charge in [0.05, 0.1) is 6.61 Å². The lowest BCUT2D eigenvalue weighted by molar-refractivity contribution is -0.118. The molecule has 0 saturated heterocycles. The van der Waals surface area contributed by atoms with Gasteiger partial charge in [-0.25, -0.2) is 0 Å². The number of amides is 1. The minimum absolute atomic E-state index is 0.102. The van der Waals surface area contributed by atoms with Crippen LogP contribution in [0.15, 0.2) is 78.9 Å². The molecule has 0 spiro atoms. The first kappa shape index (κ1) is 19.3. The molecule has 0 heterocycles. The number of carbonyl (C=O) groups is 1. The van der Waals surface area contributed by atoms with Gasteiger partial charge < -0.3 is 19.5 Å². The highest BCUT2D eigenvalue weighted by Crippen LogP contribution is 2.26. The summed E-state index contributed by atoms with van der Waals surface area (Å²) in [4.78, 5) is 12.2. The molecule has 144 valence electrons. The van der Waals surface area contributed by atoms with Gasteiger partial charge in [0.1, 0.15) is 11.5 Å². The Hall–Kier alpha value is -3.47. The van der Waals surface area contributed by atoms with Crippen LogP contribution in [0.2, 0.25) is 0 Å². The van der Waals surface area contributed by atoms with Crippen molar-refractivity contribution >= 4 is 11.6 Å².